The number of hydrogen-bond donors (Lipinski definition) is 1. The van der Waals surface area contributed by atoms with Crippen molar-refractivity contribution < 1.29 is 17.4 Å². The fourth-order valence-corrected chi connectivity index (χ4v) is 9.38. The molecular weight excluding hydrogens is 753 g/mol. The van der Waals surface area contributed by atoms with Gasteiger partial charge in [-0.25, -0.2) is 0 Å². The van der Waals surface area contributed by atoms with E-state index in [0.29, 0.717) is 22.5 Å². The van der Waals surface area contributed by atoms with Crippen molar-refractivity contribution in [2.24, 2.45) is 0 Å². The molecule has 0 unspecified atom stereocenters. The number of hydrogen-bond acceptors (Lipinski definition) is 6. The van der Waals surface area contributed by atoms with Gasteiger partial charge in [-0.3, -0.25) is 4.55 Å². The molecule has 0 saturated carbocycles. The number of rotatable bonds is 13. The van der Waals surface area contributed by atoms with Crippen molar-refractivity contribution in [1.29, 1.82) is 0 Å². The maximum Gasteiger partial charge on any atom is 0.295 e. The van der Waals surface area contributed by atoms with Crippen LogP contribution in [0.2, 0.25) is 0 Å². The van der Waals surface area contributed by atoms with Crippen LogP contribution in [0.25, 0.3) is 33.4 Å². The van der Waals surface area contributed by atoms with E-state index in [-0.39, 0.29) is 4.90 Å². The van der Waals surface area contributed by atoms with Crippen molar-refractivity contribution in [3.8, 4) is 22.5 Å². The largest absolute Gasteiger partial charge is 0.456 e. The third-order valence-electron chi connectivity index (χ3n) is 9.54. The van der Waals surface area contributed by atoms with Crippen molar-refractivity contribution in [2.75, 3.05) is 29.5 Å². The molecule has 0 spiro atoms. The molecule has 278 valence electrons. The van der Waals surface area contributed by atoms with Crippen LogP contribution in [-0.2, 0) is 10.1 Å². The smallest absolute Gasteiger partial charge is 0.295 e. The minimum Gasteiger partial charge on any atom is -0.456 e. The number of thioether (sulfide) groups is 2. The van der Waals surface area contributed by atoms with Crippen molar-refractivity contribution >= 4 is 61.7 Å². The molecule has 8 rings (SSSR count). The second kappa shape index (κ2) is 17.1. The van der Waals surface area contributed by atoms with Gasteiger partial charge in [-0.15, -0.1) is 23.5 Å². The summed E-state index contributed by atoms with van der Waals surface area (Å²) >= 11 is 3.60. The Hall–Kier alpha value is -5.58. The van der Waals surface area contributed by atoms with Gasteiger partial charge < -0.3 is 9.32 Å². The number of benzene rings is 7. The van der Waals surface area contributed by atoms with E-state index < -0.39 is 10.1 Å². The Balaban J connectivity index is 1.30. The van der Waals surface area contributed by atoms with E-state index in [1.165, 1.54) is 15.9 Å². The lowest BCUT2D eigenvalue weighted by Crippen LogP contribution is -2.27. The summed E-state index contributed by atoms with van der Waals surface area (Å²) < 4.78 is 45.2. The number of anilines is 2. The molecule has 0 radical (unpaired) electrons. The first kappa shape index (κ1) is 37.3. The lowest BCUT2D eigenvalue weighted by atomic mass is 9.93. The lowest BCUT2D eigenvalue weighted by Gasteiger charge is -2.26. The van der Waals surface area contributed by atoms with Crippen molar-refractivity contribution in [3.63, 3.8) is 0 Å². The molecule has 1 heterocycles. The summed E-state index contributed by atoms with van der Waals surface area (Å²) in [5.74, 6) is 2.29. The SMILES string of the molecule is O=S(=O)(O)c1ccccc1-c1c2ccc(=[N+](CCSc3ccccc3)c3ccccc3)cc-2oc2cc(N(CCSc3ccccc3)c3ccccc3)ccc12. The van der Waals surface area contributed by atoms with Gasteiger partial charge in [0.2, 0.25) is 11.0 Å². The molecule has 1 aliphatic heterocycles. The van der Waals surface area contributed by atoms with Crippen LogP contribution in [-0.4, -0.2) is 37.6 Å². The quantitative estimate of drug-likeness (QED) is 0.0539. The molecule has 1 N–H and O–H groups in total. The van der Waals surface area contributed by atoms with Crippen LogP contribution in [0.3, 0.4) is 0 Å². The normalized spacial score (nSPS) is 12.2. The Bertz CT molecular complexity index is 2730. The molecule has 6 aromatic carbocycles. The standard InChI is InChI=1S/C47H38N2O4S3/c50-56(51,52)46-24-14-13-23-43(46)47-41-27-25-37(48(35-15-5-1-6-16-35)29-31-54-39-19-9-3-10-20-39)33-44(41)53-45-34-38(26-28-42(45)47)49(36-17-7-2-8-18-36)30-32-55-40-21-11-4-12-22-40/h1-28,33-34H,29-32H2/p+1. The summed E-state index contributed by atoms with van der Waals surface area (Å²) in [6.07, 6.45) is 0. The van der Waals surface area contributed by atoms with E-state index in [1.54, 1.807) is 41.7 Å². The predicted octanol–water partition coefficient (Wildman–Crippen LogP) is 11.3. The highest BCUT2D eigenvalue weighted by molar-refractivity contribution is 7.99. The molecule has 0 saturated heterocycles. The van der Waals surface area contributed by atoms with E-state index in [4.69, 9.17) is 4.42 Å². The van der Waals surface area contributed by atoms with Gasteiger partial charge in [0.1, 0.15) is 16.2 Å². The first-order chi connectivity index (χ1) is 27.4. The minimum atomic E-state index is -4.55. The fourth-order valence-electron chi connectivity index (χ4n) is 6.97. The summed E-state index contributed by atoms with van der Waals surface area (Å²) in [7, 11) is -4.55. The zero-order valence-electron chi connectivity index (χ0n) is 30.4. The Morgan fingerprint density at radius 2 is 1.20 bits per heavy atom. The van der Waals surface area contributed by atoms with Crippen LogP contribution < -0.4 is 14.8 Å². The highest BCUT2D eigenvalue weighted by Gasteiger charge is 2.25. The Morgan fingerprint density at radius 3 is 1.88 bits per heavy atom. The second-order valence-electron chi connectivity index (χ2n) is 13.1. The highest BCUT2D eigenvalue weighted by Crippen LogP contribution is 2.43. The number of nitrogens with zero attached hydrogens (tertiary/aromatic N) is 2. The summed E-state index contributed by atoms with van der Waals surface area (Å²) in [5, 5.41) is 1.67. The van der Waals surface area contributed by atoms with Gasteiger partial charge >= 0.3 is 0 Å². The lowest BCUT2D eigenvalue weighted by molar-refractivity contribution is 0.483. The Morgan fingerprint density at radius 1 is 0.589 bits per heavy atom. The van der Waals surface area contributed by atoms with Gasteiger partial charge in [-0.1, -0.05) is 91.0 Å². The van der Waals surface area contributed by atoms with E-state index in [9.17, 15) is 13.0 Å². The van der Waals surface area contributed by atoms with Gasteiger partial charge in [0, 0.05) is 79.8 Å². The molecule has 0 amide bonds. The average Bonchev–Trinajstić information content (AvgIpc) is 3.24. The van der Waals surface area contributed by atoms with E-state index in [1.807, 2.05) is 72.8 Å². The van der Waals surface area contributed by atoms with Crippen molar-refractivity contribution in [3.05, 3.63) is 187 Å². The molecule has 0 bridgehead atoms. The minimum absolute atomic E-state index is 0.158. The van der Waals surface area contributed by atoms with Crippen LogP contribution in [0, 0.1) is 0 Å². The van der Waals surface area contributed by atoms with Gasteiger partial charge in [0.05, 0.1) is 11.8 Å². The molecule has 0 aromatic heterocycles. The van der Waals surface area contributed by atoms with E-state index in [0.717, 1.165) is 58.0 Å². The molecule has 6 aromatic rings. The first-order valence-corrected chi connectivity index (χ1v) is 21.7. The molecule has 9 heteroatoms. The fraction of sp³-hybridized carbons (Fsp3) is 0.0851. The molecule has 0 atom stereocenters. The van der Waals surface area contributed by atoms with Crippen LogP contribution in [0.1, 0.15) is 0 Å². The maximum atomic E-state index is 12.8. The second-order valence-corrected chi connectivity index (χ2v) is 16.8. The highest BCUT2D eigenvalue weighted by atomic mass is 32.2. The van der Waals surface area contributed by atoms with Gasteiger partial charge in [0.15, 0.2) is 6.54 Å². The van der Waals surface area contributed by atoms with Crippen LogP contribution in [0.5, 0.6) is 0 Å². The summed E-state index contributed by atoms with van der Waals surface area (Å²) in [4.78, 5) is 4.54. The molecular formula is C47H39N2O4S3+. The zero-order valence-corrected chi connectivity index (χ0v) is 32.9. The monoisotopic (exact) mass is 791 g/mol. The Labute approximate surface area is 335 Å². The third-order valence-corrected chi connectivity index (χ3v) is 12.4. The molecule has 2 aliphatic rings. The Kier molecular flexibility index (Phi) is 11.4. The molecule has 56 heavy (non-hydrogen) atoms. The van der Waals surface area contributed by atoms with Crippen LogP contribution >= 0.6 is 23.5 Å². The molecule has 0 fully saturated rings. The average molecular weight is 792 g/mol. The number of para-hydroxylation sites is 2. The molecule has 1 aliphatic carbocycles. The van der Waals surface area contributed by atoms with Gasteiger partial charge in [0.25, 0.3) is 10.1 Å². The topological polar surface area (TPSA) is 73.8 Å². The van der Waals surface area contributed by atoms with Crippen molar-refractivity contribution in [2.45, 2.75) is 14.7 Å². The van der Waals surface area contributed by atoms with Crippen LogP contribution in [0.4, 0.5) is 17.1 Å². The van der Waals surface area contributed by atoms with E-state index >= 15 is 0 Å². The molecule has 6 nitrogen and oxygen atoms in total. The summed E-state index contributed by atoms with van der Waals surface area (Å²) in [5.41, 5.74) is 5.43. The summed E-state index contributed by atoms with van der Waals surface area (Å²) in [6, 6.07) is 60.1. The van der Waals surface area contributed by atoms with Crippen molar-refractivity contribution in [1.82, 2.24) is 4.58 Å². The first-order valence-electron chi connectivity index (χ1n) is 18.3. The van der Waals surface area contributed by atoms with Crippen LogP contribution in [0.15, 0.2) is 201 Å². The van der Waals surface area contributed by atoms with Gasteiger partial charge in [-0.05, 0) is 60.7 Å². The van der Waals surface area contributed by atoms with Gasteiger partial charge in [-0.2, -0.15) is 13.0 Å². The van der Waals surface area contributed by atoms with E-state index in [2.05, 4.69) is 94.4 Å². The number of fused-ring (bicyclic) bond motifs is 2. The third kappa shape index (κ3) is 8.46. The maximum absolute atomic E-state index is 12.8. The zero-order chi connectivity index (χ0) is 38.3. The summed E-state index contributed by atoms with van der Waals surface area (Å²) in [6.45, 7) is 1.47. The predicted molar refractivity (Wildman–Crippen MR) is 232 cm³/mol.